The molecule has 8 unspecified atom stereocenters. The molecule has 0 saturated heterocycles. The van der Waals surface area contributed by atoms with Crippen LogP contribution in [0.2, 0.25) is 0 Å². The smallest absolute Gasteiger partial charge is 0.306 e. The van der Waals surface area contributed by atoms with E-state index in [2.05, 4.69) is 84.9 Å². The van der Waals surface area contributed by atoms with Gasteiger partial charge in [-0.2, -0.15) is 0 Å². The topological polar surface area (TPSA) is 26.3 Å². The minimum absolute atomic E-state index is 0.0311. The minimum atomic E-state index is 0.0311. The van der Waals surface area contributed by atoms with Gasteiger partial charge in [-0.15, -0.1) is 0 Å². The number of allylic oxidation sites excluding steroid dienone is 7. The number of hydrogen-bond acceptors (Lipinski definition) is 2. The fourth-order valence-corrected chi connectivity index (χ4v) is 9.91. The molecule has 0 radical (unpaired) electrons. The Morgan fingerprint density at radius 1 is 0.826 bits per heavy atom. The third-order valence-electron chi connectivity index (χ3n) is 13.4. The first-order chi connectivity index (χ1) is 22.1. The second-order valence-corrected chi connectivity index (χ2v) is 16.9. The van der Waals surface area contributed by atoms with E-state index in [1.165, 1.54) is 83.5 Å². The van der Waals surface area contributed by atoms with Gasteiger partial charge in [0.05, 0.1) is 0 Å². The van der Waals surface area contributed by atoms with Crippen LogP contribution in [0.15, 0.2) is 47.6 Å². The lowest BCUT2D eigenvalue weighted by atomic mass is 9.50. The van der Waals surface area contributed by atoms with Crippen molar-refractivity contribution in [1.29, 1.82) is 0 Å². The maximum atomic E-state index is 12.8. The van der Waals surface area contributed by atoms with Gasteiger partial charge < -0.3 is 4.74 Å². The van der Waals surface area contributed by atoms with Crippen molar-refractivity contribution in [3.63, 3.8) is 0 Å². The zero-order chi connectivity index (χ0) is 33.2. The van der Waals surface area contributed by atoms with E-state index in [0.717, 1.165) is 43.9 Å². The van der Waals surface area contributed by atoms with Gasteiger partial charge in [0.25, 0.3) is 0 Å². The molecule has 2 nitrogen and oxygen atoms in total. The van der Waals surface area contributed by atoms with Gasteiger partial charge in [-0.05, 0) is 117 Å². The van der Waals surface area contributed by atoms with Gasteiger partial charge >= 0.3 is 5.97 Å². The van der Waals surface area contributed by atoms with Gasteiger partial charge in [-0.25, -0.2) is 0 Å². The molecule has 0 aromatic carbocycles. The molecule has 260 valence electrons. The summed E-state index contributed by atoms with van der Waals surface area (Å²) in [5.41, 5.74) is 3.99. The van der Waals surface area contributed by atoms with Crippen LogP contribution in [-0.4, -0.2) is 12.1 Å². The van der Waals surface area contributed by atoms with E-state index < -0.39 is 0 Å². The first-order valence-corrected chi connectivity index (χ1v) is 20.0. The molecule has 4 rings (SSSR count). The van der Waals surface area contributed by atoms with Crippen LogP contribution in [0.25, 0.3) is 0 Å². The molecular formula is C44H72O2. The minimum Gasteiger partial charge on any atom is -0.462 e. The molecule has 0 aromatic rings. The van der Waals surface area contributed by atoms with E-state index in [1.807, 2.05) is 0 Å². The zero-order valence-corrected chi connectivity index (χ0v) is 31.3. The predicted octanol–water partition coefficient (Wildman–Crippen LogP) is 13.1. The van der Waals surface area contributed by atoms with Crippen molar-refractivity contribution >= 4 is 5.97 Å². The number of unbranched alkanes of at least 4 members (excludes halogenated alkanes) is 9. The highest BCUT2D eigenvalue weighted by Gasteiger charge is 2.57. The fourth-order valence-electron chi connectivity index (χ4n) is 9.91. The van der Waals surface area contributed by atoms with E-state index in [-0.39, 0.29) is 17.5 Å². The number of ether oxygens (including phenoxy) is 1. The molecule has 2 heteroatoms. The van der Waals surface area contributed by atoms with Crippen LogP contribution in [-0.2, 0) is 9.53 Å². The number of fused-ring (bicyclic) bond motifs is 5. The van der Waals surface area contributed by atoms with Crippen LogP contribution >= 0.6 is 0 Å². The highest BCUT2D eigenvalue weighted by molar-refractivity contribution is 5.69. The quantitative estimate of drug-likeness (QED) is 0.0853. The molecule has 0 amide bonds. The monoisotopic (exact) mass is 633 g/mol. The van der Waals surface area contributed by atoms with Crippen LogP contribution in [0.1, 0.15) is 170 Å². The molecule has 4 aliphatic rings. The van der Waals surface area contributed by atoms with E-state index in [0.29, 0.717) is 35.5 Å². The van der Waals surface area contributed by atoms with Crippen LogP contribution in [0.4, 0.5) is 0 Å². The summed E-state index contributed by atoms with van der Waals surface area (Å²) in [5, 5.41) is 0. The third kappa shape index (κ3) is 9.31. The molecule has 4 aliphatic carbocycles. The van der Waals surface area contributed by atoms with Crippen molar-refractivity contribution < 1.29 is 9.53 Å². The predicted molar refractivity (Wildman–Crippen MR) is 198 cm³/mol. The highest BCUT2D eigenvalue weighted by atomic mass is 16.5. The van der Waals surface area contributed by atoms with Crippen LogP contribution < -0.4 is 0 Å². The van der Waals surface area contributed by atoms with Crippen molar-refractivity contribution in [2.24, 2.45) is 46.3 Å². The number of hydrogen-bond donors (Lipinski definition) is 0. The maximum absolute atomic E-state index is 12.8. The average molecular weight is 633 g/mol. The summed E-state index contributed by atoms with van der Waals surface area (Å²) >= 11 is 0. The largest absolute Gasteiger partial charge is 0.462 e. The van der Waals surface area contributed by atoms with Gasteiger partial charge in [0.1, 0.15) is 6.10 Å². The SMILES string of the molecule is CCCCCCC=CCCCCCCCC(=O)OC1CCC2(C)C(=CC=C3C2CCC2(C)C3CCC2C(C)C=CC(C)C(C)C)C1. The number of carbonyl (C=O) groups is 1. The molecule has 8 atom stereocenters. The lowest BCUT2D eigenvalue weighted by Crippen LogP contribution is -2.46. The summed E-state index contributed by atoms with van der Waals surface area (Å²) in [6.45, 7) is 17.0. The first kappa shape index (κ1) is 37.3. The number of rotatable bonds is 18. The molecule has 46 heavy (non-hydrogen) atoms. The van der Waals surface area contributed by atoms with Gasteiger partial charge in [-0.1, -0.05) is 135 Å². The molecule has 3 fully saturated rings. The summed E-state index contributed by atoms with van der Waals surface area (Å²) in [6, 6.07) is 0. The lowest BCUT2D eigenvalue weighted by Gasteiger charge is -2.55. The Labute approximate surface area is 285 Å². The maximum Gasteiger partial charge on any atom is 0.306 e. The van der Waals surface area contributed by atoms with Crippen molar-refractivity contribution in [3.05, 3.63) is 47.6 Å². The number of carbonyl (C=O) groups excluding carboxylic acids is 1. The molecule has 0 spiro atoms. The third-order valence-corrected chi connectivity index (χ3v) is 13.4. The van der Waals surface area contributed by atoms with E-state index >= 15 is 0 Å². The second kappa shape index (κ2) is 17.7. The standard InChI is InChI=1S/C44H72O2/c1-8-9-10-11-12-13-14-15-16-17-18-19-20-21-42(45)46-37-28-30-43(6)36(32-37)24-25-38-40-27-26-39(44(40,7)31-29-41(38)43)35(5)23-22-34(4)33(2)3/h13-14,22-25,33-35,37,39-41H,8-12,15-21,26-32H2,1-7H3. The van der Waals surface area contributed by atoms with Crippen molar-refractivity contribution in [3.8, 4) is 0 Å². The summed E-state index contributed by atoms with van der Waals surface area (Å²) < 4.78 is 6.09. The van der Waals surface area contributed by atoms with Gasteiger partial charge in [0.2, 0.25) is 0 Å². The Morgan fingerprint density at radius 3 is 2.24 bits per heavy atom. The van der Waals surface area contributed by atoms with Gasteiger partial charge in [-0.3, -0.25) is 4.79 Å². The molecule has 0 N–H and O–H groups in total. The van der Waals surface area contributed by atoms with E-state index in [9.17, 15) is 4.79 Å². The van der Waals surface area contributed by atoms with Gasteiger partial charge in [0.15, 0.2) is 0 Å². The van der Waals surface area contributed by atoms with Crippen molar-refractivity contribution in [2.75, 3.05) is 0 Å². The average Bonchev–Trinajstić information content (AvgIpc) is 3.39. The van der Waals surface area contributed by atoms with Crippen LogP contribution in [0.3, 0.4) is 0 Å². The Balaban J connectivity index is 1.20. The highest BCUT2D eigenvalue weighted by Crippen LogP contribution is 2.66. The number of esters is 1. The lowest BCUT2D eigenvalue weighted by molar-refractivity contribution is -0.151. The molecule has 0 aliphatic heterocycles. The van der Waals surface area contributed by atoms with Crippen molar-refractivity contribution in [1.82, 2.24) is 0 Å². The molecule has 0 heterocycles. The summed E-state index contributed by atoms with van der Waals surface area (Å²) in [7, 11) is 0. The normalized spacial score (nSPS) is 32.2. The van der Waals surface area contributed by atoms with E-state index in [1.54, 1.807) is 11.1 Å². The molecule has 3 saturated carbocycles. The van der Waals surface area contributed by atoms with Crippen LogP contribution in [0.5, 0.6) is 0 Å². The molecular weight excluding hydrogens is 560 g/mol. The molecule has 0 aromatic heterocycles. The van der Waals surface area contributed by atoms with Gasteiger partial charge in [0, 0.05) is 12.8 Å². The van der Waals surface area contributed by atoms with Crippen LogP contribution in [0, 0.1) is 46.3 Å². The summed E-state index contributed by atoms with van der Waals surface area (Å²) in [6.07, 6.45) is 37.8. The zero-order valence-electron chi connectivity index (χ0n) is 31.3. The first-order valence-electron chi connectivity index (χ1n) is 20.0. The Bertz CT molecular complexity index is 1080. The van der Waals surface area contributed by atoms with E-state index in [4.69, 9.17) is 4.74 Å². The summed E-state index contributed by atoms with van der Waals surface area (Å²) in [4.78, 5) is 12.8. The Morgan fingerprint density at radius 2 is 1.52 bits per heavy atom. The Kier molecular flexibility index (Phi) is 14.3. The summed E-state index contributed by atoms with van der Waals surface area (Å²) in [5.74, 6) is 4.24. The second-order valence-electron chi connectivity index (χ2n) is 16.9. The Hall–Kier alpha value is -1.57. The molecule has 0 bridgehead atoms. The fraction of sp³-hybridized carbons (Fsp3) is 0.795. The van der Waals surface area contributed by atoms with Crippen molar-refractivity contribution in [2.45, 2.75) is 177 Å².